The summed E-state index contributed by atoms with van der Waals surface area (Å²) in [6, 6.07) is 0. The first-order valence-corrected chi connectivity index (χ1v) is 6.23. The minimum absolute atomic E-state index is 0.0817. The van der Waals surface area contributed by atoms with Gasteiger partial charge in [-0.15, -0.1) is 0 Å². The van der Waals surface area contributed by atoms with E-state index in [2.05, 4.69) is 15.1 Å². The third kappa shape index (κ3) is 3.09. The maximum Gasteiger partial charge on any atom is 0.243 e. The Morgan fingerprint density at radius 1 is 1.33 bits per heavy atom. The molecule has 0 atom stereocenters. The van der Waals surface area contributed by atoms with Crippen molar-refractivity contribution in [1.29, 1.82) is 0 Å². The Hall–Kier alpha value is -1.85. The lowest BCUT2D eigenvalue weighted by molar-refractivity contribution is 0.201. The van der Waals surface area contributed by atoms with Gasteiger partial charge in [-0.1, -0.05) is 24.4 Å². The normalized spacial score (nSPS) is 17.7. The van der Waals surface area contributed by atoms with Gasteiger partial charge in [0.15, 0.2) is 11.5 Å². The minimum atomic E-state index is -0.0817. The molecule has 2 rings (SSSR count). The highest BCUT2D eigenvalue weighted by molar-refractivity contribution is 5.97. The molecule has 1 aliphatic carbocycles. The number of nitrogens with two attached hydrogens (primary N) is 1. The maximum atomic E-state index is 8.67. The zero-order valence-electron chi connectivity index (χ0n) is 10.2. The summed E-state index contributed by atoms with van der Waals surface area (Å²) < 4.78 is 5.65. The SMILES string of the molecule is N/C(=N/O)c1nccnc1OCC1CCCCC1. The lowest BCUT2D eigenvalue weighted by Gasteiger charge is -2.21. The van der Waals surface area contributed by atoms with Crippen molar-refractivity contribution in [3.63, 3.8) is 0 Å². The summed E-state index contributed by atoms with van der Waals surface area (Å²) in [6.07, 6.45) is 9.25. The molecular weight excluding hydrogens is 232 g/mol. The van der Waals surface area contributed by atoms with Crippen molar-refractivity contribution in [2.24, 2.45) is 16.8 Å². The molecule has 1 heterocycles. The zero-order chi connectivity index (χ0) is 12.8. The van der Waals surface area contributed by atoms with Crippen LogP contribution in [0.2, 0.25) is 0 Å². The fraction of sp³-hybridized carbons (Fsp3) is 0.583. The molecule has 0 unspecified atom stereocenters. The van der Waals surface area contributed by atoms with E-state index in [0.717, 1.165) is 0 Å². The van der Waals surface area contributed by atoms with Gasteiger partial charge >= 0.3 is 0 Å². The van der Waals surface area contributed by atoms with Crippen LogP contribution in [0.25, 0.3) is 0 Å². The van der Waals surface area contributed by atoms with Gasteiger partial charge in [0.2, 0.25) is 5.88 Å². The van der Waals surface area contributed by atoms with Gasteiger partial charge in [-0.2, -0.15) is 0 Å². The van der Waals surface area contributed by atoms with Gasteiger partial charge in [-0.3, -0.25) is 0 Å². The topological polar surface area (TPSA) is 93.6 Å². The molecule has 3 N–H and O–H groups in total. The van der Waals surface area contributed by atoms with E-state index >= 15 is 0 Å². The number of nitrogens with zero attached hydrogens (tertiary/aromatic N) is 3. The van der Waals surface area contributed by atoms with E-state index in [1.807, 2.05) is 0 Å². The maximum absolute atomic E-state index is 8.67. The fourth-order valence-electron chi connectivity index (χ4n) is 2.20. The molecule has 6 heteroatoms. The van der Waals surface area contributed by atoms with Crippen LogP contribution in [-0.4, -0.2) is 27.6 Å². The Morgan fingerprint density at radius 2 is 2.06 bits per heavy atom. The number of rotatable bonds is 4. The molecule has 1 aromatic rings. The summed E-state index contributed by atoms with van der Waals surface area (Å²) in [7, 11) is 0. The molecule has 0 radical (unpaired) electrons. The molecule has 1 aliphatic rings. The second-order valence-electron chi connectivity index (χ2n) is 4.51. The second kappa shape index (κ2) is 6.18. The van der Waals surface area contributed by atoms with E-state index in [1.165, 1.54) is 44.5 Å². The Bertz CT molecular complexity index is 416. The first-order valence-electron chi connectivity index (χ1n) is 6.23. The molecule has 6 nitrogen and oxygen atoms in total. The van der Waals surface area contributed by atoms with Crippen LogP contribution in [0.1, 0.15) is 37.8 Å². The highest BCUT2D eigenvalue weighted by Gasteiger charge is 2.16. The Morgan fingerprint density at radius 3 is 2.78 bits per heavy atom. The van der Waals surface area contributed by atoms with Gasteiger partial charge in [0, 0.05) is 12.4 Å². The number of amidine groups is 1. The average molecular weight is 250 g/mol. The summed E-state index contributed by atoms with van der Waals surface area (Å²) >= 11 is 0. The predicted octanol–water partition coefficient (Wildman–Crippen LogP) is 1.53. The van der Waals surface area contributed by atoms with E-state index in [1.54, 1.807) is 0 Å². The smallest absolute Gasteiger partial charge is 0.243 e. The monoisotopic (exact) mass is 250 g/mol. The Labute approximate surface area is 106 Å². The van der Waals surface area contributed by atoms with Crippen LogP contribution < -0.4 is 10.5 Å². The average Bonchev–Trinajstić information content (AvgIpc) is 2.45. The molecule has 0 spiro atoms. The summed E-state index contributed by atoms with van der Waals surface area (Å²) in [5.41, 5.74) is 5.81. The lowest BCUT2D eigenvalue weighted by Crippen LogP contribution is -2.20. The molecule has 18 heavy (non-hydrogen) atoms. The van der Waals surface area contributed by atoms with Gasteiger partial charge in [-0.05, 0) is 18.8 Å². The Balaban J connectivity index is 2.00. The van der Waals surface area contributed by atoms with Crippen molar-refractivity contribution in [2.75, 3.05) is 6.61 Å². The first-order chi connectivity index (χ1) is 8.81. The first kappa shape index (κ1) is 12.6. The number of ether oxygens (including phenoxy) is 1. The van der Waals surface area contributed by atoms with E-state index in [9.17, 15) is 0 Å². The molecule has 0 bridgehead atoms. The molecule has 1 fully saturated rings. The van der Waals surface area contributed by atoms with Crippen molar-refractivity contribution in [3.8, 4) is 5.88 Å². The van der Waals surface area contributed by atoms with Crippen molar-refractivity contribution in [3.05, 3.63) is 18.1 Å². The van der Waals surface area contributed by atoms with Crippen molar-refractivity contribution >= 4 is 5.84 Å². The second-order valence-corrected chi connectivity index (χ2v) is 4.51. The van der Waals surface area contributed by atoms with Crippen molar-refractivity contribution in [2.45, 2.75) is 32.1 Å². The third-order valence-electron chi connectivity index (χ3n) is 3.20. The van der Waals surface area contributed by atoms with E-state index in [0.29, 0.717) is 18.4 Å². The summed E-state index contributed by atoms with van der Waals surface area (Å²) in [5, 5.41) is 11.6. The highest BCUT2D eigenvalue weighted by atomic mass is 16.5. The Kier molecular flexibility index (Phi) is 4.33. The largest absolute Gasteiger partial charge is 0.476 e. The van der Waals surface area contributed by atoms with Crippen LogP contribution in [0.5, 0.6) is 5.88 Å². The summed E-state index contributed by atoms with van der Waals surface area (Å²) in [6.45, 7) is 0.615. The van der Waals surface area contributed by atoms with Gasteiger partial charge in [0.25, 0.3) is 0 Å². The number of oxime groups is 1. The molecule has 1 saturated carbocycles. The molecule has 0 saturated heterocycles. The van der Waals surface area contributed by atoms with Crippen LogP contribution in [0, 0.1) is 5.92 Å². The van der Waals surface area contributed by atoms with Crippen LogP contribution in [0.15, 0.2) is 17.5 Å². The van der Waals surface area contributed by atoms with Gasteiger partial charge in [0.1, 0.15) is 0 Å². The van der Waals surface area contributed by atoms with Gasteiger partial charge in [0.05, 0.1) is 6.61 Å². The third-order valence-corrected chi connectivity index (χ3v) is 3.20. The van der Waals surface area contributed by atoms with E-state index < -0.39 is 0 Å². The van der Waals surface area contributed by atoms with E-state index in [-0.39, 0.29) is 11.5 Å². The molecule has 0 amide bonds. The minimum Gasteiger partial charge on any atom is -0.476 e. The van der Waals surface area contributed by atoms with Crippen LogP contribution in [0.4, 0.5) is 0 Å². The van der Waals surface area contributed by atoms with Gasteiger partial charge < -0.3 is 15.7 Å². The fourth-order valence-corrected chi connectivity index (χ4v) is 2.20. The highest BCUT2D eigenvalue weighted by Crippen LogP contribution is 2.24. The number of hydrogen-bond acceptors (Lipinski definition) is 5. The van der Waals surface area contributed by atoms with Crippen LogP contribution in [-0.2, 0) is 0 Å². The van der Waals surface area contributed by atoms with Crippen LogP contribution in [0.3, 0.4) is 0 Å². The standard InChI is InChI=1S/C12H18N4O2/c13-11(16-17)10-12(15-7-6-14-10)18-8-9-4-2-1-3-5-9/h6-7,9,17H,1-5,8H2,(H2,13,16). The number of aromatic nitrogens is 2. The lowest BCUT2D eigenvalue weighted by atomic mass is 9.90. The summed E-state index contributed by atoms with van der Waals surface area (Å²) in [4.78, 5) is 8.09. The molecule has 0 aliphatic heterocycles. The summed E-state index contributed by atoms with van der Waals surface area (Å²) in [5.74, 6) is 0.820. The predicted molar refractivity (Wildman–Crippen MR) is 66.6 cm³/mol. The van der Waals surface area contributed by atoms with Crippen molar-refractivity contribution < 1.29 is 9.94 Å². The van der Waals surface area contributed by atoms with Crippen LogP contribution >= 0.6 is 0 Å². The molecule has 0 aromatic carbocycles. The van der Waals surface area contributed by atoms with Gasteiger partial charge in [-0.25, -0.2) is 9.97 Å². The van der Waals surface area contributed by atoms with E-state index in [4.69, 9.17) is 15.7 Å². The molecule has 98 valence electrons. The number of hydrogen-bond donors (Lipinski definition) is 2. The molecule has 1 aromatic heterocycles. The molecular formula is C12H18N4O2. The zero-order valence-corrected chi connectivity index (χ0v) is 10.2. The quantitative estimate of drug-likeness (QED) is 0.366. The van der Waals surface area contributed by atoms with Crippen molar-refractivity contribution in [1.82, 2.24) is 9.97 Å².